The highest BCUT2D eigenvalue weighted by Crippen LogP contribution is 2.47. The molecular weight excluding hydrogens is 504 g/mol. The Morgan fingerprint density at radius 2 is 1.32 bits per heavy atom. The first-order chi connectivity index (χ1) is 17.0. The second-order valence-corrected chi connectivity index (χ2v) is 23.5. The van der Waals surface area contributed by atoms with Crippen LogP contribution in [0.15, 0.2) is 21.9 Å². The lowest BCUT2D eigenvalue weighted by Crippen LogP contribution is -2.54. The van der Waals surface area contributed by atoms with E-state index in [9.17, 15) is 14.7 Å². The lowest BCUT2D eigenvalue weighted by Gasteiger charge is -2.45. The number of H-pyrrole nitrogens is 1. The molecule has 0 radical (unpaired) electrons. The largest absolute Gasteiger partial charge is 0.413 e. The van der Waals surface area contributed by atoms with E-state index in [1.54, 1.807) is 0 Å². The van der Waals surface area contributed by atoms with E-state index in [1.807, 2.05) is 0 Å². The van der Waals surface area contributed by atoms with E-state index in [-0.39, 0.29) is 23.2 Å². The van der Waals surface area contributed by atoms with Gasteiger partial charge in [0.05, 0.1) is 6.61 Å². The van der Waals surface area contributed by atoms with Gasteiger partial charge in [-0.2, -0.15) is 0 Å². The van der Waals surface area contributed by atoms with Gasteiger partial charge in [-0.05, 0) is 33.2 Å². The second-order valence-electron chi connectivity index (χ2n) is 12.6. The van der Waals surface area contributed by atoms with Crippen molar-refractivity contribution >= 4 is 16.6 Å². The summed E-state index contributed by atoms with van der Waals surface area (Å²) in [6, 6.07) is 1.30. The summed E-state index contributed by atoms with van der Waals surface area (Å²) < 4.78 is 21.5. The Labute approximate surface area is 225 Å². The highest BCUT2D eigenvalue weighted by Gasteiger charge is 2.55. The minimum atomic E-state index is -2.44. The number of hydrogen-bond acceptors (Lipinski definition) is 6. The number of aromatic nitrogens is 2. The summed E-state index contributed by atoms with van der Waals surface area (Å²) in [6.07, 6.45) is -1.84. The molecular formula is C27H52N2O6Si2. The Bertz CT molecular complexity index is 944. The molecule has 0 spiro atoms. The van der Waals surface area contributed by atoms with E-state index >= 15 is 0 Å². The Hall–Kier alpha value is -1.05. The number of aliphatic hydroxyl groups excluding tert-OH is 1. The van der Waals surface area contributed by atoms with Crippen LogP contribution in [0.25, 0.3) is 0 Å². The molecule has 214 valence electrons. The Kier molecular flexibility index (Phi) is 10.8. The van der Waals surface area contributed by atoms with Crippen molar-refractivity contribution in [3.05, 3.63) is 33.1 Å². The van der Waals surface area contributed by atoms with Crippen LogP contribution in [0.1, 0.15) is 89.3 Å². The van der Waals surface area contributed by atoms with Gasteiger partial charge in [0.25, 0.3) is 5.56 Å². The number of nitrogens with one attached hydrogen (secondary N) is 1. The molecule has 1 saturated heterocycles. The standard InChI is InChI=1S/C27H52N2O6Si2/c1-16(2)36(17(3)4,18(5)6)33-15-22-24(31)25(35-37(19(7)8,20(9)10)21(11)12)26(34-22)29-14-13-23(30)28-27(29)32/h13-14,16-22,24-26,31H,15H2,1-12H3,(H,28,30,32)/t22-,24-,25-,26-/m1/s1. The zero-order valence-electron chi connectivity index (χ0n) is 25.1. The smallest absolute Gasteiger partial charge is 0.330 e. The third kappa shape index (κ3) is 6.09. The van der Waals surface area contributed by atoms with Crippen LogP contribution in [0.5, 0.6) is 0 Å². The highest BCUT2D eigenvalue weighted by molar-refractivity contribution is 6.78. The Balaban J connectivity index is 2.53. The fourth-order valence-electron chi connectivity index (χ4n) is 7.21. The Morgan fingerprint density at radius 3 is 1.73 bits per heavy atom. The Morgan fingerprint density at radius 1 is 0.865 bits per heavy atom. The number of rotatable bonds is 12. The first-order valence-electron chi connectivity index (χ1n) is 14.0. The van der Waals surface area contributed by atoms with Crippen molar-refractivity contribution < 1.29 is 18.7 Å². The van der Waals surface area contributed by atoms with Crippen LogP contribution < -0.4 is 11.2 Å². The summed E-state index contributed by atoms with van der Waals surface area (Å²) in [5.74, 6) is 0. The molecule has 0 saturated carbocycles. The van der Waals surface area contributed by atoms with Crippen LogP contribution in [0.2, 0.25) is 33.2 Å². The van der Waals surface area contributed by atoms with Crippen LogP contribution >= 0.6 is 0 Å². The minimum Gasteiger partial charge on any atom is -0.413 e. The van der Waals surface area contributed by atoms with Crippen molar-refractivity contribution in [2.45, 2.75) is 141 Å². The SMILES string of the molecule is CC(C)[Si](OC[C@H]1O[C@@H](n2ccc(=O)[nH]c2=O)[C@H](O[Si](C(C)C)(C(C)C)C(C)C)[C@@H]1O)(C(C)C)C(C)C. The maximum Gasteiger partial charge on any atom is 0.330 e. The number of hydrogen-bond donors (Lipinski definition) is 2. The summed E-state index contributed by atoms with van der Waals surface area (Å²) in [4.78, 5) is 26.9. The van der Waals surface area contributed by atoms with Gasteiger partial charge in [-0.3, -0.25) is 14.3 Å². The lowest BCUT2D eigenvalue weighted by molar-refractivity contribution is -0.0522. The van der Waals surface area contributed by atoms with Crippen molar-refractivity contribution in [1.29, 1.82) is 0 Å². The predicted octanol–water partition coefficient (Wildman–Crippen LogP) is 5.55. The van der Waals surface area contributed by atoms with Gasteiger partial charge in [0.1, 0.15) is 18.3 Å². The van der Waals surface area contributed by atoms with Gasteiger partial charge < -0.3 is 18.7 Å². The molecule has 0 unspecified atom stereocenters. The quantitative estimate of drug-likeness (QED) is 0.327. The predicted molar refractivity (Wildman–Crippen MR) is 154 cm³/mol. The van der Waals surface area contributed by atoms with E-state index in [1.165, 1.54) is 16.8 Å². The van der Waals surface area contributed by atoms with E-state index < -0.39 is 52.4 Å². The first-order valence-corrected chi connectivity index (χ1v) is 18.3. The number of nitrogens with zero attached hydrogens (tertiary/aromatic N) is 1. The third-order valence-corrected chi connectivity index (χ3v) is 20.9. The van der Waals surface area contributed by atoms with Gasteiger partial charge in [-0.15, -0.1) is 0 Å². The van der Waals surface area contributed by atoms with Crippen molar-refractivity contribution in [2.24, 2.45) is 0 Å². The molecule has 1 fully saturated rings. The maximum absolute atomic E-state index is 12.8. The van der Waals surface area contributed by atoms with Crippen molar-refractivity contribution in [2.75, 3.05) is 6.61 Å². The van der Waals surface area contributed by atoms with E-state index in [2.05, 4.69) is 88.1 Å². The van der Waals surface area contributed by atoms with Crippen molar-refractivity contribution in [1.82, 2.24) is 9.55 Å². The third-order valence-electron chi connectivity index (χ3n) is 8.69. The van der Waals surface area contributed by atoms with Gasteiger partial charge in [0.15, 0.2) is 14.5 Å². The summed E-state index contributed by atoms with van der Waals surface area (Å²) in [5, 5.41) is 11.7. The molecule has 37 heavy (non-hydrogen) atoms. The molecule has 0 amide bonds. The van der Waals surface area contributed by atoms with Crippen LogP contribution in [0, 0.1) is 0 Å². The zero-order chi connectivity index (χ0) is 28.5. The fourth-order valence-corrected chi connectivity index (χ4v) is 18.2. The molecule has 8 nitrogen and oxygen atoms in total. The zero-order valence-corrected chi connectivity index (χ0v) is 27.1. The summed E-state index contributed by atoms with van der Waals surface area (Å²) in [5.41, 5.74) is 0.952. The van der Waals surface area contributed by atoms with Crippen molar-refractivity contribution in [3.63, 3.8) is 0 Å². The highest BCUT2D eigenvalue weighted by atomic mass is 28.4. The molecule has 0 aromatic carbocycles. The fraction of sp³-hybridized carbons (Fsp3) is 0.852. The van der Waals surface area contributed by atoms with Gasteiger partial charge in [-0.1, -0.05) is 83.1 Å². The molecule has 10 heteroatoms. The molecule has 2 N–H and O–H groups in total. The average Bonchev–Trinajstić information content (AvgIpc) is 3.05. The molecule has 4 atom stereocenters. The van der Waals surface area contributed by atoms with Gasteiger partial charge >= 0.3 is 5.69 Å². The number of aliphatic hydroxyl groups is 1. The molecule has 2 heterocycles. The lowest BCUT2D eigenvalue weighted by atomic mass is 10.1. The van der Waals surface area contributed by atoms with Crippen LogP contribution in [0.4, 0.5) is 0 Å². The number of ether oxygens (including phenoxy) is 1. The van der Waals surface area contributed by atoms with Gasteiger partial charge in [-0.25, -0.2) is 4.79 Å². The minimum absolute atomic E-state index is 0.232. The monoisotopic (exact) mass is 556 g/mol. The molecule has 2 rings (SSSR count). The summed E-state index contributed by atoms with van der Waals surface area (Å²) in [6.45, 7) is 26.7. The molecule has 0 bridgehead atoms. The number of aromatic amines is 1. The topological polar surface area (TPSA) is 103 Å². The van der Waals surface area contributed by atoms with E-state index in [0.717, 1.165) is 0 Å². The van der Waals surface area contributed by atoms with Crippen molar-refractivity contribution in [3.8, 4) is 0 Å². The second kappa shape index (κ2) is 12.4. The van der Waals surface area contributed by atoms with Crippen LogP contribution in [-0.4, -0.2) is 56.2 Å². The maximum atomic E-state index is 12.8. The summed E-state index contributed by atoms with van der Waals surface area (Å²) >= 11 is 0. The molecule has 1 aromatic heterocycles. The van der Waals surface area contributed by atoms with Gasteiger partial charge in [0, 0.05) is 12.3 Å². The molecule has 1 aromatic rings. The van der Waals surface area contributed by atoms with Crippen LogP contribution in [-0.2, 0) is 13.6 Å². The first kappa shape index (κ1) is 32.2. The molecule has 1 aliphatic rings. The van der Waals surface area contributed by atoms with E-state index in [4.69, 9.17) is 13.6 Å². The van der Waals surface area contributed by atoms with Crippen LogP contribution in [0.3, 0.4) is 0 Å². The van der Waals surface area contributed by atoms with E-state index in [0.29, 0.717) is 16.6 Å². The normalized spacial score (nSPS) is 23.5. The molecule has 1 aliphatic heterocycles. The molecule has 0 aliphatic carbocycles. The summed E-state index contributed by atoms with van der Waals surface area (Å²) in [7, 11) is -4.65. The van der Waals surface area contributed by atoms with Gasteiger partial charge in [0.2, 0.25) is 8.32 Å². The average molecular weight is 557 g/mol.